The van der Waals surface area contributed by atoms with Crippen LogP contribution in [0.3, 0.4) is 0 Å². The van der Waals surface area contributed by atoms with Crippen molar-refractivity contribution in [3.05, 3.63) is 34.9 Å². The molecule has 0 spiro atoms. The average molecular weight is 455 g/mol. The van der Waals surface area contributed by atoms with E-state index in [1.54, 1.807) is 0 Å². The molecule has 0 atom stereocenters. The second-order valence-electron chi connectivity index (χ2n) is 8.62. The monoisotopic (exact) mass is 454 g/mol. The molecule has 0 saturated heterocycles. The maximum Gasteiger partial charge on any atom is 0.337 e. The topological polar surface area (TPSA) is 18.5 Å². The normalized spacial score (nSPS) is 11.9. The first-order valence-electron chi connectivity index (χ1n) is 12.7. The van der Waals surface area contributed by atoms with Crippen LogP contribution in [0.25, 0.3) is 0 Å². The second-order valence-corrected chi connectivity index (χ2v) is 12.9. The van der Waals surface area contributed by atoms with Crippen molar-refractivity contribution in [3.8, 4) is 0 Å². The molecule has 0 bridgehead atoms. The van der Waals surface area contributed by atoms with Gasteiger partial charge in [0.05, 0.1) is 6.61 Å². The van der Waals surface area contributed by atoms with E-state index in [0.717, 1.165) is 30.1 Å². The van der Waals surface area contributed by atoms with Crippen molar-refractivity contribution in [3.63, 3.8) is 0 Å². The molecule has 0 fully saturated rings. The highest BCUT2D eigenvalue weighted by Gasteiger charge is 2.33. The minimum atomic E-state index is -2.08. The van der Waals surface area contributed by atoms with Crippen LogP contribution in [-0.4, -0.2) is 15.2 Å². The minimum Gasteiger partial charge on any atom is -0.394 e. The van der Waals surface area contributed by atoms with Crippen LogP contribution in [0.1, 0.15) is 110 Å². The fraction of sp³-hybridized carbons (Fsp3) is 0.769. The summed E-state index contributed by atoms with van der Waals surface area (Å²) in [6, 6.07) is 9.95. The molecule has 30 heavy (non-hydrogen) atoms. The van der Waals surface area contributed by atoms with Gasteiger partial charge in [0.1, 0.15) is 0 Å². The summed E-state index contributed by atoms with van der Waals surface area (Å²) in [7, 11) is -2.08. The number of benzene rings is 1. The van der Waals surface area contributed by atoms with E-state index in [1.807, 2.05) is 24.3 Å². The largest absolute Gasteiger partial charge is 0.394 e. The quantitative estimate of drug-likeness (QED) is 0.144. The molecule has 0 saturated carbocycles. The van der Waals surface area contributed by atoms with Gasteiger partial charge < -0.3 is 8.85 Å². The summed E-state index contributed by atoms with van der Waals surface area (Å²) in [6.45, 7) is 8.19. The van der Waals surface area contributed by atoms with Crippen LogP contribution >= 0.6 is 11.6 Å². The van der Waals surface area contributed by atoms with E-state index in [9.17, 15) is 0 Å². The number of unbranched alkanes of at least 4 members (excludes halogenated alkanes) is 12. The summed E-state index contributed by atoms with van der Waals surface area (Å²) in [4.78, 5) is 0. The highest BCUT2D eigenvalue weighted by Crippen LogP contribution is 2.22. The summed E-state index contributed by atoms with van der Waals surface area (Å²) < 4.78 is 12.7. The predicted molar refractivity (Wildman–Crippen MR) is 135 cm³/mol. The van der Waals surface area contributed by atoms with Gasteiger partial charge in [-0.3, -0.25) is 0 Å². The molecule has 0 aliphatic heterocycles. The van der Waals surface area contributed by atoms with Gasteiger partial charge in [-0.25, -0.2) is 0 Å². The van der Waals surface area contributed by atoms with Gasteiger partial charge in [-0.15, -0.1) is 0 Å². The van der Waals surface area contributed by atoms with Gasteiger partial charge in [0.2, 0.25) is 0 Å². The lowest BCUT2D eigenvalue weighted by Gasteiger charge is -2.29. The van der Waals surface area contributed by atoms with Crippen LogP contribution in [0.15, 0.2) is 24.3 Å². The van der Waals surface area contributed by atoms with Crippen LogP contribution in [0.4, 0.5) is 0 Å². The molecule has 4 heteroatoms. The maximum absolute atomic E-state index is 6.36. The zero-order valence-electron chi connectivity index (χ0n) is 20.0. The second kappa shape index (κ2) is 18.2. The molecule has 1 rings (SSSR count). The Kier molecular flexibility index (Phi) is 16.8. The highest BCUT2D eigenvalue weighted by molar-refractivity contribution is 6.67. The molecule has 0 aliphatic carbocycles. The first-order chi connectivity index (χ1) is 14.7. The molecular formula is C26H47ClO2Si. The van der Waals surface area contributed by atoms with E-state index in [4.69, 9.17) is 20.5 Å². The Labute approximate surface area is 193 Å². The summed E-state index contributed by atoms with van der Waals surface area (Å²) in [5, 5.41) is 0.770. The Morgan fingerprint density at radius 3 is 1.57 bits per heavy atom. The average Bonchev–Trinajstić information content (AvgIpc) is 2.77. The van der Waals surface area contributed by atoms with Gasteiger partial charge in [-0.05, 0) is 36.2 Å². The van der Waals surface area contributed by atoms with Crippen molar-refractivity contribution in [2.24, 2.45) is 0 Å². The predicted octanol–water partition coefficient (Wildman–Crippen LogP) is 9.45. The molecule has 0 aromatic heterocycles. The molecule has 0 heterocycles. The molecule has 0 amide bonds. The lowest BCUT2D eigenvalue weighted by atomic mass is 10.0. The zero-order valence-corrected chi connectivity index (χ0v) is 21.8. The molecule has 0 aliphatic rings. The van der Waals surface area contributed by atoms with Crippen molar-refractivity contribution in [1.29, 1.82) is 0 Å². The Morgan fingerprint density at radius 2 is 1.10 bits per heavy atom. The van der Waals surface area contributed by atoms with Gasteiger partial charge in [-0.1, -0.05) is 122 Å². The molecular weight excluding hydrogens is 408 g/mol. The fourth-order valence-corrected chi connectivity index (χ4v) is 6.35. The van der Waals surface area contributed by atoms with Crippen molar-refractivity contribution < 1.29 is 8.85 Å². The third kappa shape index (κ3) is 13.1. The van der Waals surface area contributed by atoms with E-state index in [-0.39, 0.29) is 0 Å². The number of hydrogen-bond acceptors (Lipinski definition) is 2. The van der Waals surface area contributed by atoms with Crippen molar-refractivity contribution in [1.82, 2.24) is 0 Å². The third-order valence-electron chi connectivity index (χ3n) is 6.11. The SMILES string of the molecule is CCCCCCCCCCCCCCCO[Si](CC)(CC)OCc1ccc(Cl)cc1. The van der Waals surface area contributed by atoms with Crippen LogP contribution in [0.2, 0.25) is 17.1 Å². The van der Waals surface area contributed by atoms with Crippen molar-refractivity contribution >= 4 is 20.2 Å². The number of rotatable bonds is 20. The van der Waals surface area contributed by atoms with E-state index in [0.29, 0.717) is 6.61 Å². The van der Waals surface area contributed by atoms with Gasteiger partial charge in [-0.2, -0.15) is 0 Å². The summed E-state index contributed by atoms with van der Waals surface area (Å²) >= 11 is 5.97. The standard InChI is InChI=1S/C26H47ClO2Si/c1-4-7-8-9-10-11-12-13-14-15-16-17-18-23-28-30(5-2,6-3)29-24-25-19-21-26(27)22-20-25/h19-22H,4-18,23-24H2,1-3H3. The molecule has 0 unspecified atom stereocenters. The smallest absolute Gasteiger partial charge is 0.337 e. The maximum atomic E-state index is 6.36. The Balaban J connectivity index is 2.05. The van der Waals surface area contributed by atoms with E-state index < -0.39 is 8.56 Å². The molecule has 174 valence electrons. The third-order valence-corrected chi connectivity index (χ3v) is 9.91. The Morgan fingerprint density at radius 1 is 0.633 bits per heavy atom. The van der Waals surface area contributed by atoms with E-state index in [2.05, 4.69) is 20.8 Å². The lowest BCUT2D eigenvalue weighted by molar-refractivity contribution is 0.158. The Bertz CT molecular complexity index is 502. The molecule has 1 aromatic carbocycles. The Hall–Kier alpha value is -0.353. The first-order valence-corrected chi connectivity index (χ1v) is 15.3. The van der Waals surface area contributed by atoms with Gasteiger partial charge in [0.25, 0.3) is 0 Å². The van der Waals surface area contributed by atoms with Crippen LogP contribution in [-0.2, 0) is 15.5 Å². The van der Waals surface area contributed by atoms with Gasteiger partial charge in [0.15, 0.2) is 0 Å². The summed E-state index contributed by atoms with van der Waals surface area (Å²) in [5.41, 5.74) is 1.17. The van der Waals surface area contributed by atoms with Crippen LogP contribution in [0, 0.1) is 0 Å². The zero-order chi connectivity index (χ0) is 21.9. The first kappa shape index (κ1) is 27.7. The fourth-order valence-electron chi connectivity index (χ4n) is 3.87. The van der Waals surface area contributed by atoms with E-state index >= 15 is 0 Å². The number of halogens is 1. The molecule has 0 N–H and O–H groups in total. The number of hydrogen-bond donors (Lipinski definition) is 0. The summed E-state index contributed by atoms with van der Waals surface area (Å²) in [5.74, 6) is 0. The van der Waals surface area contributed by atoms with Crippen molar-refractivity contribution in [2.45, 2.75) is 123 Å². The lowest BCUT2D eigenvalue weighted by Crippen LogP contribution is -2.40. The van der Waals surface area contributed by atoms with Gasteiger partial charge in [0, 0.05) is 11.6 Å². The molecule has 0 radical (unpaired) electrons. The highest BCUT2D eigenvalue weighted by atomic mass is 35.5. The van der Waals surface area contributed by atoms with E-state index in [1.165, 1.54) is 82.6 Å². The van der Waals surface area contributed by atoms with Crippen molar-refractivity contribution in [2.75, 3.05) is 6.61 Å². The minimum absolute atomic E-state index is 0.629. The molecule has 1 aromatic rings. The van der Waals surface area contributed by atoms with Gasteiger partial charge >= 0.3 is 8.56 Å². The molecule has 2 nitrogen and oxygen atoms in total. The van der Waals surface area contributed by atoms with Crippen LogP contribution in [0.5, 0.6) is 0 Å². The summed E-state index contributed by atoms with van der Waals surface area (Å²) in [6.07, 6.45) is 18.0. The van der Waals surface area contributed by atoms with Crippen LogP contribution < -0.4 is 0 Å².